The van der Waals surface area contributed by atoms with Crippen LogP contribution in [0, 0.1) is 23.7 Å². The lowest BCUT2D eigenvalue weighted by Crippen LogP contribution is -2.28. The van der Waals surface area contributed by atoms with E-state index in [-0.39, 0.29) is 12.5 Å². The SMILES string of the molecule is C#CCNCC(=O)Nc1ccc(C#N)cc1Cl. The first-order chi connectivity index (χ1) is 8.17. The van der Waals surface area contributed by atoms with Crippen LogP contribution in [0.2, 0.25) is 5.02 Å². The summed E-state index contributed by atoms with van der Waals surface area (Å²) in [6.07, 6.45) is 5.03. The molecule has 86 valence electrons. The maximum absolute atomic E-state index is 11.4. The number of nitrogens with one attached hydrogen (secondary N) is 2. The summed E-state index contributed by atoms with van der Waals surface area (Å²) in [5.41, 5.74) is 0.914. The number of hydrogen-bond donors (Lipinski definition) is 2. The van der Waals surface area contributed by atoms with Gasteiger partial charge in [0.25, 0.3) is 0 Å². The van der Waals surface area contributed by atoms with Gasteiger partial charge in [0, 0.05) is 0 Å². The van der Waals surface area contributed by atoms with E-state index in [1.165, 1.54) is 6.07 Å². The molecule has 1 aromatic rings. The Bertz CT molecular complexity index is 499. The number of carbonyl (C=O) groups excluding carboxylic acids is 1. The summed E-state index contributed by atoms with van der Waals surface area (Å²) in [4.78, 5) is 11.4. The zero-order valence-electron chi connectivity index (χ0n) is 8.96. The molecule has 0 atom stereocenters. The molecular weight excluding hydrogens is 238 g/mol. The van der Waals surface area contributed by atoms with Crippen LogP contribution in [0.5, 0.6) is 0 Å². The van der Waals surface area contributed by atoms with Crippen LogP contribution in [0.1, 0.15) is 5.56 Å². The van der Waals surface area contributed by atoms with Gasteiger partial charge in [-0.2, -0.15) is 5.26 Å². The Balaban J connectivity index is 2.61. The van der Waals surface area contributed by atoms with Gasteiger partial charge in [-0.15, -0.1) is 6.42 Å². The Kier molecular flexibility index (Phi) is 5.03. The van der Waals surface area contributed by atoms with Gasteiger partial charge in [0.15, 0.2) is 0 Å². The molecule has 0 aliphatic carbocycles. The molecule has 5 heteroatoms. The number of terminal acetylenes is 1. The van der Waals surface area contributed by atoms with E-state index in [4.69, 9.17) is 23.3 Å². The third-order valence-electron chi connectivity index (χ3n) is 1.88. The summed E-state index contributed by atoms with van der Waals surface area (Å²) in [5.74, 6) is 2.12. The van der Waals surface area contributed by atoms with Crippen LogP contribution in [0.25, 0.3) is 0 Å². The zero-order valence-corrected chi connectivity index (χ0v) is 9.71. The zero-order chi connectivity index (χ0) is 12.7. The van der Waals surface area contributed by atoms with Crippen molar-refractivity contribution in [2.45, 2.75) is 0 Å². The van der Waals surface area contributed by atoms with Gasteiger partial charge in [-0.05, 0) is 18.2 Å². The van der Waals surface area contributed by atoms with Gasteiger partial charge < -0.3 is 5.32 Å². The van der Waals surface area contributed by atoms with Gasteiger partial charge in [-0.3, -0.25) is 10.1 Å². The van der Waals surface area contributed by atoms with E-state index in [2.05, 4.69) is 16.6 Å². The first-order valence-corrected chi connectivity index (χ1v) is 5.19. The highest BCUT2D eigenvalue weighted by Gasteiger charge is 2.05. The highest BCUT2D eigenvalue weighted by molar-refractivity contribution is 6.33. The Morgan fingerprint density at radius 2 is 2.29 bits per heavy atom. The molecule has 1 aromatic carbocycles. The minimum absolute atomic E-state index is 0.112. The maximum atomic E-state index is 11.4. The fourth-order valence-corrected chi connectivity index (χ4v) is 1.36. The lowest BCUT2D eigenvalue weighted by molar-refractivity contribution is -0.115. The Morgan fingerprint density at radius 3 is 2.88 bits per heavy atom. The van der Waals surface area contributed by atoms with Crippen LogP contribution in [-0.2, 0) is 4.79 Å². The number of benzene rings is 1. The molecule has 0 saturated carbocycles. The molecule has 0 fully saturated rings. The highest BCUT2D eigenvalue weighted by atomic mass is 35.5. The average Bonchev–Trinajstić information content (AvgIpc) is 2.32. The van der Waals surface area contributed by atoms with Crippen molar-refractivity contribution < 1.29 is 4.79 Å². The van der Waals surface area contributed by atoms with Crippen molar-refractivity contribution >= 4 is 23.2 Å². The first kappa shape index (κ1) is 13.1. The standard InChI is InChI=1S/C12H10ClN3O/c1-2-5-15-8-12(17)16-11-4-3-9(7-14)6-10(11)13/h1,3-4,6,15H,5,8H2,(H,16,17). The van der Waals surface area contributed by atoms with Crippen molar-refractivity contribution in [3.63, 3.8) is 0 Å². The monoisotopic (exact) mass is 247 g/mol. The van der Waals surface area contributed by atoms with E-state index in [9.17, 15) is 4.79 Å². The van der Waals surface area contributed by atoms with E-state index in [0.717, 1.165) is 0 Å². The van der Waals surface area contributed by atoms with Gasteiger partial charge >= 0.3 is 0 Å². The Hall–Kier alpha value is -2.01. The molecule has 4 nitrogen and oxygen atoms in total. The topological polar surface area (TPSA) is 64.9 Å². The second kappa shape index (κ2) is 6.55. The Labute approximate surface area is 105 Å². The number of rotatable bonds is 4. The Morgan fingerprint density at radius 1 is 1.53 bits per heavy atom. The van der Waals surface area contributed by atoms with E-state index in [1.54, 1.807) is 12.1 Å². The molecular formula is C12H10ClN3O. The smallest absolute Gasteiger partial charge is 0.238 e. The minimum atomic E-state index is -0.244. The van der Waals surface area contributed by atoms with Crippen molar-refractivity contribution in [1.82, 2.24) is 5.32 Å². The molecule has 0 heterocycles. The van der Waals surface area contributed by atoms with Crippen molar-refractivity contribution in [2.75, 3.05) is 18.4 Å². The van der Waals surface area contributed by atoms with Gasteiger partial charge in [0.1, 0.15) is 0 Å². The summed E-state index contributed by atoms with van der Waals surface area (Å²) in [6, 6.07) is 6.61. The van der Waals surface area contributed by atoms with Crippen LogP contribution >= 0.6 is 11.6 Å². The third-order valence-corrected chi connectivity index (χ3v) is 2.20. The second-order valence-electron chi connectivity index (χ2n) is 3.16. The van der Waals surface area contributed by atoms with Gasteiger partial charge in [0.2, 0.25) is 5.91 Å². The van der Waals surface area contributed by atoms with Gasteiger partial charge in [-0.25, -0.2) is 0 Å². The number of anilines is 1. The minimum Gasteiger partial charge on any atom is -0.324 e. The summed E-state index contributed by atoms with van der Waals surface area (Å²) in [6.45, 7) is 0.440. The fourth-order valence-electron chi connectivity index (χ4n) is 1.13. The van der Waals surface area contributed by atoms with Crippen molar-refractivity contribution in [3.8, 4) is 18.4 Å². The molecule has 0 aliphatic heterocycles. The number of hydrogen-bond acceptors (Lipinski definition) is 3. The molecule has 2 N–H and O–H groups in total. The maximum Gasteiger partial charge on any atom is 0.238 e. The number of amides is 1. The van der Waals surface area contributed by atoms with Crippen molar-refractivity contribution in [1.29, 1.82) is 5.26 Å². The number of carbonyl (C=O) groups is 1. The molecule has 0 spiro atoms. The number of nitrogens with zero attached hydrogens (tertiary/aromatic N) is 1. The van der Waals surface area contributed by atoms with E-state index in [0.29, 0.717) is 22.8 Å². The highest BCUT2D eigenvalue weighted by Crippen LogP contribution is 2.22. The molecule has 0 bridgehead atoms. The number of halogens is 1. The molecule has 0 aromatic heterocycles. The average molecular weight is 248 g/mol. The van der Waals surface area contributed by atoms with Crippen LogP contribution in [0.15, 0.2) is 18.2 Å². The van der Waals surface area contributed by atoms with Gasteiger partial charge in [-0.1, -0.05) is 17.5 Å². The third kappa shape index (κ3) is 4.16. The molecule has 1 rings (SSSR count). The predicted molar refractivity (Wildman–Crippen MR) is 66.5 cm³/mol. The number of nitriles is 1. The van der Waals surface area contributed by atoms with Crippen molar-refractivity contribution in [2.24, 2.45) is 0 Å². The lowest BCUT2D eigenvalue weighted by Gasteiger charge is -2.07. The summed E-state index contributed by atoms with van der Waals surface area (Å²) >= 11 is 5.89. The largest absolute Gasteiger partial charge is 0.324 e. The first-order valence-electron chi connectivity index (χ1n) is 4.81. The molecule has 0 aliphatic rings. The molecule has 0 radical (unpaired) electrons. The molecule has 0 saturated heterocycles. The van der Waals surface area contributed by atoms with Gasteiger partial charge in [0.05, 0.1) is 35.4 Å². The molecule has 1 amide bonds. The quantitative estimate of drug-likeness (QED) is 0.624. The summed E-state index contributed by atoms with van der Waals surface area (Å²) in [5, 5.41) is 14.3. The van der Waals surface area contributed by atoms with Crippen LogP contribution < -0.4 is 10.6 Å². The summed E-state index contributed by atoms with van der Waals surface area (Å²) in [7, 11) is 0. The molecule has 17 heavy (non-hydrogen) atoms. The normalized spacial score (nSPS) is 9.12. The van der Waals surface area contributed by atoms with E-state index < -0.39 is 0 Å². The van der Waals surface area contributed by atoms with Crippen LogP contribution in [0.3, 0.4) is 0 Å². The lowest BCUT2D eigenvalue weighted by atomic mass is 10.2. The van der Waals surface area contributed by atoms with E-state index >= 15 is 0 Å². The summed E-state index contributed by atoms with van der Waals surface area (Å²) < 4.78 is 0. The molecule has 0 unspecified atom stereocenters. The van der Waals surface area contributed by atoms with E-state index in [1.807, 2.05) is 6.07 Å². The van der Waals surface area contributed by atoms with Crippen molar-refractivity contribution in [3.05, 3.63) is 28.8 Å². The second-order valence-corrected chi connectivity index (χ2v) is 3.57. The predicted octanol–water partition coefficient (Wildman–Crippen LogP) is 1.37. The fraction of sp³-hybridized carbons (Fsp3) is 0.167. The van der Waals surface area contributed by atoms with Crippen LogP contribution in [-0.4, -0.2) is 19.0 Å². The van der Waals surface area contributed by atoms with Crippen LogP contribution in [0.4, 0.5) is 5.69 Å².